The Bertz CT molecular complexity index is 885. The molecule has 29 heavy (non-hydrogen) atoms. The molecular weight excluding hydrogens is 399 g/mol. The van der Waals surface area contributed by atoms with Crippen LogP contribution in [0.15, 0.2) is 30.5 Å². The summed E-state index contributed by atoms with van der Waals surface area (Å²) in [7, 11) is 1.58. The van der Waals surface area contributed by atoms with Gasteiger partial charge in [-0.2, -0.15) is 0 Å². The Morgan fingerprint density at radius 2 is 1.97 bits per heavy atom. The Morgan fingerprint density at radius 3 is 2.69 bits per heavy atom. The number of para-hydroxylation sites is 1. The number of likely N-dealkylation sites (N-methyl/N-ethyl adjacent to an activating group) is 1. The van der Waals surface area contributed by atoms with Crippen LogP contribution in [0.5, 0.6) is 0 Å². The summed E-state index contributed by atoms with van der Waals surface area (Å²) in [5, 5.41) is 11.4. The second-order valence-electron chi connectivity index (χ2n) is 7.23. The van der Waals surface area contributed by atoms with Crippen LogP contribution < -0.4 is 10.2 Å². The number of carbonyl (C=O) groups is 2. The first kappa shape index (κ1) is 21.2. The highest BCUT2D eigenvalue weighted by Crippen LogP contribution is 2.27. The van der Waals surface area contributed by atoms with E-state index in [9.17, 15) is 14.0 Å². The van der Waals surface area contributed by atoms with Crippen LogP contribution in [0.3, 0.4) is 0 Å². The van der Waals surface area contributed by atoms with Gasteiger partial charge in [0.2, 0.25) is 5.91 Å². The van der Waals surface area contributed by atoms with E-state index in [2.05, 4.69) is 15.6 Å². The number of benzene rings is 1. The molecule has 2 fully saturated rings. The fourth-order valence-corrected chi connectivity index (χ4v) is 3.88. The Kier molecular flexibility index (Phi) is 6.49. The van der Waals surface area contributed by atoms with E-state index in [-0.39, 0.29) is 41.6 Å². The van der Waals surface area contributed by atoms with Gasteiger partial charge in [0.15, 0.2) is 5.69 Å². The molecule has 0 saturated carbocycles. The zero-order valence-electron chi connectivity index (χ0n) is 16.1. The van der Waals surface area contributed by atoms with Gasteiger partial charge in [-0.1, -0.05) is 17.3 Å². The molecule has 3 heterocycles. The lowest BCUT2D eigenvalue weighted by atomic mass is 10.1. The standard InChI is InChI=1S/C19H23FN6O2.ClH/c1-24(17-8-11-25(19(17)28)16-5-3-2-4-14(16)20)18(27)15-12-26(23-22-15)13-6-9-21-10-7-13;/h2-5,12-13,17,21H,6-11H2,1H3;1H. The number of anilines is 1. The number of halogens is 2. The summed E-state index contributed by atoms with van der Waals surface area (Å²) in [6.07, 6.45) is 3.97. The smallest absolute Gasteiger partial charge is 0.276 e. The van der Waals surface area contributed by atoms with E-state index in [1.807, 2.05) is 0 Å². The molecule has 1 atom stereocenters. The van der Waals surface area contributed by atoms with Crippen LogP contribution in [0.4, 0.5) is 10.1 Å². The summed E-state index contributed by atoms with van der Waals surface area (Å²) in [5.41, 5.74) is 0.464. The van der Waals surface area contributed by atoms with Crippen LogP contribution in [-0.2, 0) is 4.79 Å². The van der Waals surface area contributed by atoms with E-state index in [1.165, 1.54) is 15.9 Å². The van der Waals surface area contributed by atoms with Crippen LogP contribution in [-0.4, -0.2) is 64.4 Å². The fraction of sp³-hybridized carbons (Fsp3) is 0.474. The van der Waals surface area contributed by atoms with Crippen molar-refractivity contribution in [2.45, 2.75) is 31.3 Å². The largest absolute Gasteiger partial charge is 0.328 e. The molecule has 0 bridgehead atoms. The van der Waals surface area contributed by atoms with Crippen molar-refractivity contribution in [2.75, 3.05) is 31.6 Å². The van der Waals surface area contributed by atoms with Gasteiger partial charge in [-0.15, -0.1) is 17.5 Å². The highest BCUT2D eigenvalue weighted by atomic mass is 35.5. The average Bonchev–Trinajstić information content (AvgIpc) is 3.35. The molecule has 1 aromatic heterocycles. The summed E-state index contributed by atoms with van der Waals surface area (Å²) in [6, 6.07) is 5.75. The third kappa shape index (κ3) is 4.11. The van der Waals surface area contributed by atoms with Gasteiger partial charge >= 0.3 is 0 Å². The molecule has 2 aliphatic heterocycles. The number of hydrogen-bond donors (Lipinski definition) is 1. The first-order valence-electron chi connectivity index (χ1n) is 9.52. The van der Waals surface area contributed by atoms with E-state index in [0.717, 1.165) is 25.9 Å². The Labute approximate surface area is 174 Å². The molecule has 1 N–H and O–H groups in total. The first-order valence-corrected chi connectivity index (χ1v) is 9.52. The van der Waals surface area contributed by atoms with Gasteiger partial charge < -0.3 is 15.1 Å². The number of amides is 2. The van der Waals surface area contributed by atoms with Crippen molar-refractivity contribution in [1.29, 1.82) is 0 Å². The Hall–Kier alpha value is -2.52. The van der Waals surface area contributed by atoms with E-state index in [0.29, 0.717) is 13.0 Å². The second kappa shape index (κ2) is 8.87. The van der Waals surface area contributed by atoms with E-state index < -0.39 is 11.9 Å². The summed E-state index contributed by atoms with van der Waals surface area (Å²) >= 11 is 0. The lowest BCUT2D eigenvalue weighted by molar-refractivity contribution is -0.120. The normalized spacial score (nSPS) is 19.9. The first-order chi connectivity index (χ1) is 13.6. The molecule has 2 amide bonds. The third-order valence-corrected chi connectivity index (χ3v) is 5.52. The van der Waals surface area contributed by atoms with Gasteiger partial charge in [0.25, 0.3) is 5.91 Å². The van der Waals surface area contributed by atoms with Crippen molar-refractivity contribution in [3.63, 3.8) is 0 Å². The van der Waals surface area contributed by atoms with E-state index in [1.54, 1.807) is 36.1 Å². The SMILES string of the molecule is CN(C(=O)c1cn(C2CCNCC2)nn1)C1CCN(c2ccccc2F)C1=O.Cl. The minimum Gasteiger partial charge on any atom is -0.328 e. The molecular formula is C19H24ClFN6O2. The predicted molar refractivity (Wildman–Crippen MR) is 108 cm³/mol. The number of nitrogens with zero attached hydrogens (tertiary/aromatic N) is 5. The van der Waals surface area contributed by atoms with Crippen molar-refractivity contribution in [2.24, 2.45) is 0 Å². The van der Waals surface area contributed by atoms with Gasteiger partial charge in [0.1, 0.15) is 11.9 Å². The third-order valence-electron chi connectivity index (χ3n) is 5.52. The second-order valence-corrected chi connectivity index (χ2v) is 7.23. The lowest BCUT2D eigenvalue weighted by Crippen LogP contribution is -2.43. The molecule has 8 nitrogen and oxygen atoms in total. The van der Waals surface area contributed by atoms with Crippen LogP contribution in [0.25, 0.3) is 0 Å². The zero-order valence-corrected chi connectivity index (χ0v) is 16.9. The molecule has 156 valence electrons. The van der Waals surface area contributed by atoms with Gasteiger partial charge in [0, 0.05) is 13.6 Å². The Morgan fingerprint density at radius 1 is 1.24 bits per heavy atom. The maximum atomic E-state index is 14.0. The summed E-state index contributed by atoms with van der Waals surface area (Å²) in [5.74, 6) is -1.09. The van der Waals surface area contributed by atoms with E-state index >= 15 is 0 Å². The monoisotopic (exact) mass is 422 g/mol. The number of hydrogen-bond acceptors (Lipinski definition) is 5. The van der Waals surface area contributed by atoms with Crippen molar-refractivity contribution in [3.8, 4) is 0 Å². The minimum absolute atomic E-state index is 0. The Balaban J connectivity index is 0.00000240. The molecule has 1 aromatic carbocycles. The number of carbonyl (C=O) groups excluding carboxylic acids is 2. The van der Waals surface area contributed by atoms with Crippen molar-refractivity contribution in [3.05, 3.63) is 42.0 Å². The highest BCUT2D eigenvalue weighted by molar-refractivity contribution is 6.03. The number of piperidine rings is 1. The molecule has 2 aromatic rings. The van der Waals surface area contributed by atoms with E-state index in [4.69, 9.17) is 0 Å². The average molecular weight is 423 g/mol. The molecule has 0 aliphatic carbocycles. The summed E-state index contributed by atoms with van der Waals surface area (Å²) in [4.78, 5) is 28.4. The lowest BCUT2D eigenvalue weighted by Gasteiger charge is -2.23. The molecule has 10 heteroatoms. The van der Waals surface area contributed by atoms with Gasteiger partial charge in [-0.25, -0.2) is 9.07 Å². The highest BCUT2D eigenvalue weighted by Gasteiger charge is 2.38. The number of aromatic nitrogens is 3. The minimum atomic E-state index is -0.642. The van der Waals surface area contributed by atoms with Crippen molar-refractivity contribution < 1.29 is 14.0 Å². The maximum Gasteiger partial charge on any atom is 0.276 e. The fourth-order valence-electron chi connectivity index (χ4n) is 3.88. The summed E-state index contributed by atoms with van der Waals surface area (Å²) in [6.45, 7) is 2.19. The van der Waals surface area contributed by atoms with Crippen LogP contribution in [0.1, 0.15) is 35.8 Å². The van der Waals surface area contributed by atoms with Crippen LogP contribution in [0.2, 0.25) is 0 Å². The topological polar surface area (TPSA) is 83.4 Å². The molecule has 4 rings (SSSR count). The number of nitrogens with one attached hydrogen (secondary N) is 1. The van der Waals surface area contributed by atoms with Crippen molar-refractivity contribution >= 4 is 29.9 Å². The molecule has 2 saturated heterocycles. The van der Waals surface area contributed by atoms with Crippen LogP contribution in [0, 0.1) is 5.82 Å². The number of rotatable bonds is 4. The van der Waals surface area contributed by atoms with Gasteiger partial charge in [-0.05, 0) is 44.5 Å². The van der Waals surface area contributed by atoms with Gasteiger partial charge in [-0.3, -0.25) is 9.59 Å². The summed E-state index contributed by atoms with van der Waals surface area (Å²) < 4.78 is 15.8. The van der Waals surface area contributed by atoms with Crippen LogP contribution >= 0.6 is 12.4 Å². The molecule has 1 unspecified atom stereocenters. The zero-order chi connectivity index (χ0) is 19.7. The molecule has 2 aliphatic rings. The predicted octanol–water partition coefficient (Wildman–Crippen LogP) is 1.64. The molecule has 0 spiro atoms. The van der Waals surface area contributed by atoms with Crippen molar-refractivity contribution in [1.82, 2.24) is 25.2 Å². The molecule has 0 radical (unpaired) electrons. The maximum absolute atomic E-state index is 14.0. The quantitative estimate of drug-likeness (QED) is 0.809. The van der Waals surface area contributed by atoms with Gasteiger partial charge in [0.05, 0.1) is 17.9 Å².